The van der Waals surface area contributed by atoms with Crippen molar-refractivity contribution in [3.8, 4) is 0 Å². The molecule has 1 heteroatoms. The van der Waals surface area contributed by atoms with Crippen LogP contribution in [0.25, 0.3) is 0 Å². The summed E-state index contributed by atoms with van der Waals surface area (Å²) in [5, 5.41) is 4.65. The number of rotatable bonds is 0. The Morgan fingerprint density at radius 1 is 0.900 bits per heavy atom. The van der Waals surface area contributed by atoms with Gasteiger partial charge in [-0.2, -0.15) is 0 Å². The van der Waals surface area contributed by atoms with E-state index in [1.165, 1.54) is 45.1 Å². The lowest BCUT2D eigenvalue weighted by atomic mass is 9.85. The Kier molecular flexibility index (Phi) is 1.94. The summed E-state index contributed by atoms with van der Waals surface area (Å²) in [4.78, 5) is 0. The van der Waals surface area contributed by atoms with Crippen LogP contribution in [-0.2, 0) is 0 Å². The Morgan fingerprint density at radius 3 is 2.60 bits per heavy atom. The van der Waals surface area contributed by atoms with Crippen LogP contribution in [0.4, 0.5) is 0 Å². The van der Waals surface area contributed by atoms with E-state index in [9.17, 15) is 0 Å². The van der Waals surface area contributed by atoms with Crippen molar-refractivity contribution in [3.05, 3.63) is 0 Å². The second kappa shape index (κ2) is 2.91. The topological polar surface area (TPSA) is 14.1 Å². The largest absolute Gasteiger partial charge is 0.238 e. The van der Waals surface area contributed by atoms with Crippen LogP contribution in [0.3, 0.4) is 0 Å². The molecule has 2 bridgehead atoms. The molecule has 57 valence electrons. The van der Waals surface area contributed by atoms with E-state index in [-0.39, 0.29) is 0 Å². The van der Waals surface area contributed by atoms with Gasteiger partial charge in [0.25, 0.3) is 0 Å². The quantitative estimate of drug-likeness (QED) is 0.485. The van der Waals surface area contributed by atoms with Crippen LogP contribution in [0, 0.1) is 5.92 Å². The zero-order valence-corrected chi connectivity index (χ0v) is 6.55. The van der Waals surface area contributed by atoms with Crippen molar-refractivity contribution in [2.45, 2.75) is 44.6 Å². The smallest absolute Gasteiger partial charge is 0.0246 e. The van der Waals surface area contributed by atoms with Crippen molar-refractivity contribution in [2.75, 3.05) is 6.54 Å². The zero-order valence-electron chi connectivity index (χ0n) is 6.55. The lowest BCUT2D eigenvalue weighted by Gasteiger charge is -2.31. The van der Waals surface area contributed by atoms with E-state index in [4.69, 9.17) is 0 Å². The Bertz CT molecular complexity index is 83.8. The van der Waals surface area contributed by atoms with Gasteiger partial charge in [-0.1, -0.05) is 12.8 Å². The van der Waals surface area contributed by atoms with Crippen LogP contribution in [0.15, 0.2) is 0 Å². The SMILES string of the molecule is C1CCC2CCC(C1)C[N]2. The molecule has 1 saturated carbocycles. The highest BCUT2D eigenvalue weighted by Crippen LogP contribution is 2.26. The predicted molar refractivity (Wildman–Crippen MR) is 42.0 cm³/mol. The van der Waals surface area contributed by atoms with E-state index in [1.807, 2.05) is 0 Å². The second-order valence-electron chi connectivity index (χ2n) is 3.75. The molecule has 0 spiro atoms. The first-order valence-corrected chi connectivity index (χ1v) is 4.62. The third kappa shape index (κ3) is 1.34. The van der Waals surface area contributed by atoms with Crippen molar-refractivity contribution >= 4 is 0 Å². The monoisotopic (exact) mass is 138 g/mol. The number of fused-ring (bicyclic) bond motifs is 5. The fourth-order valence-electron chi connectivity index (χ4n) is 2.19. The lowest BCUT2D eigenvalue weighted by molar-refractivity contribution is 0.246. The summed E-state index contributed by atoms with van der Waals surface area (Å²) in [5.41, 5.74) is 0. The normalized spacial score (nSPS) is 40.8. The molecule has 1 nitrogen and oxygen atoms in total. The molecule has 0 aromatic heterocycles. The van der Waals surface area contributed by atoms with Crippen LogP contribution in [0.1, 0.15) is 38.5 Å². The first-order valence-electron chi connectivity index (χ1n) is 4.62. The van der Waals surface area contributed by atoms with Gasteiger partial charge in [0.15, 0.2) is 0 Å². The van der Waals surface area contributed by atoms with Gasteiger partial charge in [-0.3, -0.25) is 0 Å². The van der Waals surface area contributed by atoms with E-state index in [2.05, 4.69) is 5.32 Å². The van der Waals surface area contributed by atoms with Gasteiger partial charge in [0.1, 0.15) is 0 Å². The fraction of sp³-hybridized carbons (Fsp3) is 1.00. The molecule has 3 aliphatic rings. The summed E-state index contributed by atoms with van der Waals surface area (Å²) in [7, 11) is 0. The Hall–Kier alpha value is -0.0400. The van der Waals surface area contributed by atoms with Crippen LogP contribution >= 0.6 is 0 Å². The summed E-state index contributed by atoms with van der Waals surface area (Å²) >= 11 is 0. The van der Waals surface area contributed by atoms with E-state index in [0.717, 1.165) is 12.0 Å². The Morgan fingerprint density at radius 2 is 1.80 bits per heavy atom. The van der Waals surface area contributed by atoms with Gasteiger partial charge >= 0.3 is 0 Å². The van der Waals surface area contributed by atoms with E-state index < -0.39 is 0 Å². The Balaban J connectivity index is 1.94. The molecular weight excluding hydrogens is 122 g/mol. The minimum absolute atomic E-state index is 0.761. The molecule has 1 radical (unpaired) electrons. The van der Waals surface area contributed by atoms with Gasteiger partial charge in [-0.05, 0) is 31.6 Å². The average molecular weight is 138 g/mol. The molecule has 2 saturated heterocycles. The number of piperidine rings is 1. The molecule has 3 rings (SSSR count). The molecule has 1 aliphatic carbocycles. The van der Waals surface area contributed by atoms with E-state index in [0.29, 0.717) is 0 Å². The van der Waals surface area contributed by atoms with Crippen molar-refractivity contribution in [3.63, 3.8) is 0 Å². The van der Waals surface area contributed by atoms with Crippen LogP contribution in [0.5, 0.6) is 0 Å². The molecule has 0 amide bonds. The van der Waals surface area contributed by atoms with E-state index >= 15 is 0 Å². The molecule has 2 aliphatic heterocycles. The van der Waals surface area contributed by atoms with E-state index in [1.54, 1.807) is 0 Å². The van der Waals surface area contributed by atoms with Crippen molar-refractivity contribution in [1.82, 2.24) is 5.32 Å². The second-order valence-corrected chi connectivity index (χ2v) is 3.75. The zero-order chi connectivity index (χ0) is 6.81. The average Bonchev–Trinajstić information content (AvgIpc) is 1.89. The van der Waals surface area contributed by atoms with Gasteiger partial charge in [0, 0.05) is 12.6 Å². The number of nitrogens with zero attached hydrogens (tertiary/aromatic N) is 1. The summed E-state index contributed by atoms with van der Waals surface area (Å²) in [6, 6.07) is 0.761. The van der Waals surface area contributed by atoms with Gasteiger partial charge < -0.3 is 0 Å². The minimum atomic E-state index is 0.761. The highest BCUT2D eigenvalue weighted by atomic mass is 14.9. The molecule has 2 heterocycles. The van der Waals surface area contributed by atoms with Gasteiger partial charge in [-0.15, -0.1) is 0 Å². The number of hydrogen-bond donors (Lipinski definition) is 0. The molecule has 2 unspecified atom stereocenters. The highest BCUT2D eigenvalue weighted by molar-refractivity contribution is 4.79. The highest BCUT2D eigenvalue weighted by Gasteiger charge is 2.23. The molecule has 3 fully saturated rings. The summed E-state index contributed by atoms with van der Waals surface area (Å²) < 4.78 is 0. The van der Waals surface area contributed by atoms with Crippen molar-refractivity contribution in [2.24, 2.45) is 5.92 Å². The van der Waals surface area contributed by atoms with Crippen LogP contribution in [-0.4, -0.2) is 12.6 Å². The van der Waals surface area contributed by atoms with Crippen molar-refractivity contribution < 1.29 is 0 Å². The Labute approximate surface area is 63.2 Å². The summed E-state index contributed by atoms with van der Waals surface area (Å²) in [6.07, 6.45) is 8.60. The van der Waals surface area contributed by atoms with Crippen LogP contribution < -0.4 is 5.32 Å². The molecule has 0 N–H and O–H groups in total. The maximum absolute atomic E-state index is 4.65. The lowest BCUT2D eigenvalue weighted by Crippen LogP contribution is -2.34. The fourth-order valence-corrected chi connectivity index (χ4v) is 2.19. The molecular formula is C9H16N. The maximum Gasteiger partial charge on any atom is 0.0246 e. The molecule has 0 aromatic rings. The first-order chi connectivity index (χ1) is 4.95. The standard InChI is InChI=1S/C9H16N/c1-2-4-9-6-5-8(3-1)7-10-9/h8-9H,1-7H2. The molecule has 2 atom stereocenters. The van der Waals surface area contributed by atoms with Crippen LogP contribution in [0.2, 0.25) is 0 Å². The van der Waals surface area contributed by atoms with Gasteiger partial charge in [-0.25, -0.2) is 5.32 Å². The van der Waals surface area contributed by atoms with Gasteiger partial charge in [0.05, 0.1) is 0 Å². The first kappa shape index (κ1) is 6.66. The minimum Gasteiger partial charge on any atom is -0.238 e. The summed E-state index contributed by atoms with van der Waals surface area (Å²) in [6.45, 7) is 1.19. The summed E-state index contributed by atoms with van der Waals surface area (Å²) in [5.74, 6) is 0.969. The predicted octanol–water partition coefficient (Wildman–Crippen LogP) is 1.94. The molecule has 0 aromatic carbocycles. The number of hydrogen-bond acceptors (Lipinski definition) is 0. The third-order valence-electron chi connectivity index (χ3n) is 2.93. The maximum atomic E-state index is 4.65. The molecule has 10 heavy (non-hydrogen) atoms. The van der Waals surface area contributed by atoms with Gasteiger partial charge in [0.2, 0.25) is 0 Å². The third-order valence-corrected chi connectivity index (χ3v) is 2.93. The van der Waals surface area contributed by atoms with Crippen molar-refractivity contribution in [1.29, 1.82) is 0 Å².